The average Bonchev–Trinajstić information content (AvgIpc) is 2.86. The second-order valence-electron chi connectivity index (χ2n) is 9.13. The van der Waals surface area contributed by atoms with Crippen LogP contribution in [-0.2, 0) is 0 Å². The number of rotatable bonds is 7. The maximum Gasteiger partial charge on any atom is 0.253 e. The molecule has 0 radical (unpaired) electrons. The number of ether oxygens (including phenoxy) is 1. The normalized spacial score (nSPS) is 14.5. The Morgan fingerprint density at radius 2 is 1.57 bits per heavy atom. The molecule has 1 saturated heterocycles. The zero-order valence-corrected chi connectivity index (χ0v) is 20.5. The fourth-order valence-corrected chi connectivity index (χ4v) is 4.35. The van der Waals surface area contributed by atoms with Crippen LogP contribution >= 0.6 is 0 Å². The van der Waals surface area contributed by atoms with Gasteiger partial charge in [-0.25, -0.2) is 4.39 Å². The van der Waals surface area contributed by atoms with Gasteiger partial charge < -0.3 is 15.4 Å². The molecule has 0 unspecified atom stereocenters. The Hall–Kier alpha value is -3.51. The Morgan fingerprint density at radius 1 is 0.943 bits per heavy atom. The number of nitrogens with zero attached hydrogens (tertiary/aromatic N) is 1. The van der Waals surface area contributed by atoms with Crippen LogP contribution < -0.4 is 15.4 Å². The summed E-state index contributed by atoms with van der Waals surface area (Å²) in [7, 11) is 0. The molecule has 1 amide bonds. The van der Waals surface area contributed by atoms with E-state index in [2.05, 4.69) is 27.8 Å². The average molecular weight is 474 g/mol. The second kappa shape index (κ2) is 11.3. The lowest BCUT2D eigenvalue weighted by molar-refractivity contribution is 0.0938. The SMILES string of the molecule is CC(C)Oc1cncc(C(=O)N[C@H](C)c2ccc(C(=C3CCNCC3)c3ccc(F)cc3)cc2)c1. The molecular formula is C29H32FN3O2. The van der Waals surface area contributed by atoms with E-state index in [0.29, 0.717) is 11.3 Å². The molecule has 1 atom stereocenters. The fraction of sp³-hybridized carbons (Fsp3) is 0.310. The quantitative estimate of drug-likeness (QED) is 0.463. The van der Waals surface area contributed by atoms with E-state index in [1.807, 2.05) is 45.0 Å². The standard InChI is InChI=1S/C29H32FN3O2/c1-19(2)35-27-16-25(17-32-18-27)29(34)33-20(3)21-4-6-22(7-5-21)28(24-12-14-31-15-13-24)23-8-10-26(30)11-9-23/h4-11,16-20,31H,12-15H2,1-3H3,(H,33,34)/t20-/m1/s1. The van der Waals surface area contributed by atoms with Crippen LogP contribution in [0.25, 0.3) is 5.57 Å². The van der Waals surface area contributed by atoms with Crippen LogP contribution in [0.4, 0.5) is 4.39 Å². The van der Waals surface area contributed by atoms with E-state index in [4.69, 9.17) is 4.74 Å². The predicted octanol–water partition coefficient (Wildman–Crippen LogP) is 5.68. The van der Waals surface area contributed by atoms with Gasteiger partial charge in [-0.2, -0.15) is 0 Å². The topological polar surface area (TPSA) is 63.2 Å². The molecule has 2 heterocycles. The number of nitrogens with one attached hydrogen (secondary N) is 2. The van der Waals surface area contributed by atoms with Crippen molar-refractivity contribution >= 4 is 11.5 Å². The van der Waals surface area contributed by atoms with Crippen molar-refractivity contribution in [3.63, 3.8) is 0 Å². The van der Waals surface area contributed by atoms with E-state index < -0.39 is 0 Å². The number of carbonyl (C=O) groups excluding carboxylic acids is 1. The second-order valence-corrected chi connectivity index (χ2v) is 9.13. The smallest absolute Gasteiger partial charge is 0.253 e. The monoisotopic (exact) mass is 473 g/mol. The first kappa shape index (κ1) is 24.6. The maximum atomic E-state index is 13.6. The number of pyridine rings is 1. The van der Waals surface area contributed by atoms with E-state index in [-0.39, 0.29) is 23.9 Å². The molecule has 1 aliphatic rings. The summed E-state index contributed by atoms with van der Waals surface area (Å²) in [6, 6.07) is 16.5. The summed E-state index contributed by atoms with van der Waals surface area (Å²) in [6.45, 7) is 7.71. The Bertz CT molecular complexity index is 1180. The minimum Gasteiger partial charge on any atom is -0.489 e. The highest BCUT2D eigenvalue weighted by Gasteiger charge is 2.17. The summed E-state index contributed by atoms with van der Waals surface area (Å²) in [5.41, 5.74) is 6.12. The molecule has 182 valence electrons. The van der Waals surface area contributed by atoms with Gasteiger partial charge in [-0.3, -0.25) is 9.78 Å². The number of piperidine rings is 1. The zero-order chi connectivity index (χ0) is 24.8. The van der Waals surface area contributed by atoms with Crippen molar-refractivity contribution in [2.45, 2.75) is 45.8 Å². The molecule has 0 bridgehead atoms. The van der Waals surface area contributed by atoms with Crippen LogP contribution in [-0.4, -0.2) is 30.1 Å². The van der Waals surface area contributed by atoms with Crippen LogP contribution in [0, 0.1) is 5.82 Å². The first-order valence-corrected chi connectivity index (χ1v) is 12.1. The number of carbonyl (C=O) groups is 1. The van der Waals surface area contributed by atoms with Crippen molar-refractivity contribution in [3.8, 4) is 5.75 Å². The number of hydrogen-bond acceptors (Lipinski definition) is 4. The van der Waals surface area contributed by atoms with Crippen LogP contribution in [0.15, 0.2) is 72.6 Å². The highest BCUT2D eigenvalue weighted by molar-refractivity contribution is 5.94. The molecule has 1 aliphatic heterocycles. The minimum atomic E-state index is -0.236. The Balaban J connectivity index is 1.53. The molecule has 0 spiro atoms. The summed E-state index contributed by atoms with van der Waals surface area (Å²) in [5, 5.41) is 6.45. The third kappa shape index (κ3) is 6.34. The largest absolute Gasteiger partial charge is 0.489 e. The van der Waals surface area contributed by atoms with Crippen LogP contribution in [0.1, 0.15) is 66.7 Å². The van der Waals surface area contributed by atoms with E-state index >= 15 is 0 Å². The number of hydrogen-bond donors (Lipinski definition) is 2. The van der Waals surface area contributed by atoms with E-state index in [0.717, 1.165) is 42.6 Å². The van der Waals surface area contributed by atoms with Gasteiger partial charge in [-0.1, -0.05) is 42.0 Å². The maximum absolute atomic E-state index is 13.6. The summed E-state index contributed by atoms with van der Waals surface area (Å²) < 4.78 is 19.2. The van der Waals surface area contributed by atoms with E-state index in [1.165, 1.54) is 23.3 Å². The van der Waals surface area contributed by atoms with E-state index in [9.17, 15) is 9.18 Å². The molecular weight excluding hydrogens is 441 g/mol. The minimum absolute atomic E-state index is 0.00666. The van der Waals surface area contributed by atoms with Gasteiger partial charge in [-0.15, -0.1) is 0 Å². The van der Waals surface area contributed by atoms with Gasteiger partial charge in [0.15, 0.2) is 0 Å². The lowest BCUT2D eigenvalue weighted by Crippen LogP contribution is -2.26. The van der Waals surface area contributed by atoms with Crippen LogP contribution in [0.3, 0.4) is 0 Å². The third-order valence-corrected chi connectivity index (χ3v) is 6.09. The van der Waals surface area contributed by atoms with Gasteiger partial charge in [0.1, 0.15) is 11.6 Å². The van der Waals surface area contributed by atoms with Gasteiger partial charge in [-0.05, 0) is 87.2 Å². The van der Waals surface area contributed by atoms with Gasteiger partial charge >= 0.3 is 0 Å². The predicted molar refractivity (Wildman–Crippen MR) is 137 cm³/mol. The van der Waals surface area contributed by atoms with Crippen molar-refractivity contribution in [2.75, 3.05) is 13.1 Å². The lowest BCUT2D eigenvalue weighted by atomic mass is 9.88. The summed E-state index contributed by atoms with van der Waals surface area (Å²) in [4.78, 5) is 16.9. The van der Waals surface area contributed by atoms with Crippen molar-refractivity contribution < 1.29 is 13.9 Å². The molecule has 0 saturated carbocycles. The molecule has 2 aromatic carbocycles. The number of amides is 1. The molecule has 1 aromatic heterocycles. The van der Waals surface area contributed by atoms with Crippen LogP contribution in [0.2, 0.25) is 0 Å². The molecule has 0 aliphatic carbocycles. The number of halogens is 1. The highest BCUT2D eigenvalue weighted by Crippen LogP contribution is 2.32. The number of aromatic nitrogens is 1. The fourth-order valence-electron chi connectivity index (χ4n) is 4.35. The van der Waals surface area contributed by atoms with Crippen LogP contribution in [0.5, 0.6) is 5.75 Å². The molecule has 3 aromatic rings. The van der Waals surface area contributed by atoms with Crippen molar-refractivity contribution in [3.05, 3.63) is 101 Å². The van der Waals surface area contributed by atoms with Crippen molar-refractivity contribution in [1.82, 2.24) is 15.6 Å². The first-order chi connectivity index (χ1) is 16.9. The van der Waals surface area contributed by atoms with E-state index in [1.54, 1.807) is 18.5 Å². The Kier molecular flexibility index (Phi) is 7.93. The summed E-state index contributed by atoms with van der Waals surface area (Å²) >= 11 is 0. The number of benzene rings is 2. The van der Waals surface area contributed by atoms with Gasteiger partial charge in [0.25, 0.3) is 5.91 Å². The Labute approximate surface area is 206 Å². The Morgan fingerprint density at radius 3 is 2.20 bits per heavy atom. The zero-order valence-electron chi connectivity index (χ0n) is 20.5. The highest BCUT2D eigenvalue weighted by atomic mass is 19.1. The van der Waals surface area contributed by atoms with Crippen molar-refractivity contribution in [1.29, 1.82) is 0 Å². The molecule has 6 heteroatoms. The first-order valence-electron chi connectivity index (χ1n) is 12.1. The molecule has 1 fully saturated rings. The van der Waals surface area contributed by atoms with Gasteiger partial charge in [0.2, 0.25) is 0 Å². The summed E-state index contributed by atoms with van der Waals surface area (Å²) in [5.74, 6) is 0.135. The van der Waals surface area contributed by atoms with Gasteiger partial charge in [0.05, 0.1) is 23.9 Å². The third-order valence-electron chi connectivity index (χ3n) is 6.09. The lowest BCUT2D eigenvalue weighted by Gasteiger charge is -2.22. The molecule has 35 heavy (non-hydrogen) atoms. The molecule has 2 N–H and O–H groups in total. The molecule has 5 nitrogen and oxygen atoms in total. The molecule has 4 rings (SSSR count). The van der Waals surface area contributed by atoms with Gasteiger partial charge in [0, 0.05) is 6.20 Å². The summed E-state index contributed by atoms with van der Waals surface area (Å²) in [6.07, 6.45) is 5.09. The van der Waals surface area contributed by atoms with Crippen molar-refractivity contribution in [2.24, 2.45) is 0 Å².